The fraction of sp³-hybridized carbons (Fsp3) is 0.778. The molecule has 6 heteroatoms. The first kappa shape index (κ1) is 12.1. The van der Waals surface area contributed by atoms with Crippen molar-refractivity contribution in [1.82, 2.24) is 10.1 Å². The number of aryl methyl sites for hydroxylation is 1. The van der Waals surface area contributed by atoms with Crippen LogP contribution in [0.3, 0.4) is 0 Å². The molecule has 0 aliphatic heterocycles. The zero-order valence-corrected chi connectivity index (χ0v) is 8.94. The smallest absolute Gasteiger partial charge is 0.252 e. The molecule has 0 aliphatic rings. The summed E-state index contributed by atoms with van der Waals surface area (Å²) in [6.07, 6.45) is 1.61. The summed E-state index contributed by atoms with van der Waals surface area (Å²) in [4.78, 5) is 4.15. The van der Waals surface area contributed by atoms with E-state index < -0.39 is 0 Å². The topological polar surface area (TPSA) is 83.4 Å². The molecule has 0 saturated heterocycles. The molecule has 0 bridgehead atoms. The second kappa shape index (κ2) is 7.33. The van der Waals surface area contributed by atoms with E-state index in [1.165, 1.54) is 0 Å². The van der Waals surface area contributed by atoms with Crippen LogP contribution in [-0.4, -0.2) is 37.0 Å². The van der Waals surface area contributed by atoms with E-state index >= 15 is 0 Å². The molecule has 1 heterocycles. The van der Waals surface area contributed by atoms with Gasteiger partial charge >= 0.3 is 0 Å². The molecule has 0 unspecified atom stereocenters. The van der Waals surface area contributed by atoms with Crippen LogP contribution >= 0.6 is 0 Å². The minimum Gasteiger partial charge on any atom is -0.382 e. The van der Waals surface area contributed by atoms with Crippen LogP contribution in [0, 0.1) is 0 Å². The Morgan fingerprint density at radius 1 is 1.40 bits per heavy atom. The molecule has 0 aromatic carbocycles. The van der Waals surface area contributed by atoms with Crippen molar-refractivity contribution in [3.63, 3.8) is 0 Å². The van der Waals surface area contributed by atoms with Crippen LogP contribution < -0.4 is 5.73 Å². The summed E-state index contributed by atoms with van der Waals surface area (Å²) in [5.74, 6) is 1.18. The zero-order valence-electron chi connectivity index (χ0n) is 8.94. The van der Waals surface area contributed by atoms with E-state index in [1.54, 1.807) is 7.11 Å². The van der Waals surface area contributed by atoms with E-state index in [0.717, 1.165) is 12.8 Å². The van der Waals surface area contributed by atoms with Gasteiger partial charge in [-0.2, -0.15) is 4.98 Å². The maximum absolute atomic E-state index is 5.37. The van der Waals surface area contributed by atoms with Gasteiger partial charge in [0.05, 0.1) is 13.2 Å². The van der Waals surface area contributed by atoms with Crippen LogP contribution in [0.15, 0.2) is 4.52 Å². The van der Waals surface area contributed by atoms with Crippen molar-refractivity contribution in [3.8, 4) is 0 Å². The van der Waals surface area contributed by atoms with Gasteiger partial charge in [0.2, 0.25) is 0 Å². The monoisotopic (exact) mass is 215 g/mol. The molecule has 6 nitrogen and oxygen atoms in total. The van der Waals surface area contributed by atoms with Gasteiger partial charge in [0.15, 0.2) is 5.82 Å². The summed E-state index contributed by atoms with van der Waals surface area (Å²) in [6, 6.07) is 0. The molecule has 0 atom stereocenters. The lowest BCUT2D eigenvalue weighted by atomic mass is 10.3. The molecular formula is C9H17N3O3. The highest BCUT2D eigenvalue weighted by atomic mass is 16.5. The molecule has 1 aromatic heterocycles. The number of aromatic nitrogens is 2. The van der Waals surface area contributed by atoms with Gasteiger partial charge in [0, 0.05) is 13.5 Å². The third-order valence-electron chi connectivity index (χ3n) is 1.77. The SMILES string of the molecule is COCCOCc1nc(CCCN)no1. The molecule has 0 saturated carbocycles. The number of rotatable bonds is 8. The lowest BCUT2D eigenvalue weighted by Crippen LogP contribution is -2.03. The first-order valence-corrected chi connectivity index (χ1v) is 4.95. The lowest BCUT2D eigenvalue weighted by molar-refractivity contribution is 0.0494. The van der Waals surface area contributed by atoms with Crippen LogP contribution in [0.1, 0.15) is 18.1 Å². The number of nitrogens with two attached hydrogens (primary N) is 1. The number of methoxy groups -OCH3 is 1. The van der Waals surface area contributed by atoms with Gasteiger partial charge in [0.1, 0.15) is 6.61 Å². The van der Waals surface area contributed by atoms with Crippen molar-refractivity contribution in [1.29, 1.82) is 0 Å². The Bertz CT molecular complexity index is 265. The van der Waals surface area contributed by atoms with Gasteiger partial charge in [0.25, 0.3) is 5.89 Å². The fourth-order valence-electron chi connectivity index (χ4n) is 1.01. The maximum Gasteiger partial charge on any atom is 0.252 e. The van der Waals surface area contributed by atoms with Gasteiger partial charge < -0.3 is 19.7 Å². The highest BCUT2D eigenvalue weighted by Crippen LogP contribution is 2.01. The van der Waals surface area contributed by atoms with Crippen LogP contribution in [0.25, 0.3) is 0 Å². The molecule has 0 radical (unpaired) electrons. The van der Waals surface area contributed by atoms with Crippen molar-refractivity contribution in [2.45, 2.75) is 19.4 Å². The largest absolute Gasteiger partial charge is 0.382 e. The number of hydrogen-bond donors (Lipinski definition) is 1. The Balaban J connectivity index is 2.20. The highest BCUT2D eigenvalue weighted by molar-refractivity contribution is 4.85. The Labute approximate surface area is 88.7 Å². The molecule has 2 N–H and O–H groups in total. The van der Waals surface area contributed by atoms with E-state index in [-0.39, 0.29) is 0 Å². The van der Waals surface area contributed by atoms with Crippen LogP contribution in [0.4, 0.5) is 0 Å². The molecular weight excluding hydrogens is 198 g/mol. The van der Waals surface area contributed by atoms with Gasteiger partial charge in [-0.25, -0.2) is 0 Å². The summed E-state index contributed by atoms with van der Waals surface area (Å²) in [5, 5.41) is 3.80. The van der Waals surface area contributed by atoms with Crippen molar-refractivity contribution < 1.29 is 14.0 Å². The van der Waals surface area contributed by atoms with E-state index in [4.69, 9.17) is 19.7 Å². The Kier molecular flexibility index (Phi) is 5.91. The minimum absolute atomic E-state index is 0.332. The zero-order chi connectivity index (χ0) is 10.9. The Morgan fingerprint density at radius 3 is 3.00 bits per heavy atom. The standard InChI is InChI=1S/C9H17N3O3/c1-13-5-6-14-7-9-11-8(12-15-9)3-2-4-10/h2-7,10H2,1H3. The molecule has 1 aromatic rings. The predicted molar refractivity (Wildman–Crippen MR) is 53.2 cm³/mol. The summed E-state index contributed by atoms with van der Waals surface area (Å²) < 4.78 is 15.0. The highest BCUT2D eigenvalue weighted by Gasteiger charge is 2.05. The van der Waals surface area contributed by atoms with E-state index in [0.29, 0.717) is 38.1 Å². The lowest BCUT2D eigenvalue weighted by Gasteiger charge is -1.98. The normalized spacial score (nSPS) is 10.8. The maximum atomic E-state index is 5.37. The van der Waals surface area contributed by atoms with Crippen molar-refractivity contribution in [3.05, 3.63) is 11.7 Å². The van der Waals surface area contributed by atoms with Gasteiger partial charge in [-0.15, -0.1) is 0 Å². The first-order chi connectivity index (χ1) is 7.36. The van der Waals surface area contributed by atoms with Gasteiger partial charge in [-0.05, 0) is 13.0 Å². The van der Waals surface area contributed by atoms with E-state index in [2.05, 4.69) is 10.1 Å². The summed E-state index contributed by atoms with van der Waals surface area (Å²) in [5.41, 5.74) is 5.37. The van der Waals surface area contributed by atoms with Crippen LogP contribution in [0.2, 0.25) is 0 Å². The summed E-state index contributed by atoms with van der Waals surface area (Å²) in [6.45, 7) is 2.05. The third kappa shape index (κ3) is 4.87. The van der Waals surface area contributed by atoms with Crippen molar-refractivity contribution in [2.75, 3.05) is 26.9 Å². The molecule has 15 heavy (non-hydrogen) atoms. The number of ether oxygens (including phenoxy) is 2. The van der Waals surface area contributed by atoms with Crippen molar-refractivity contribution in [2.24, 2.45) is 5.73 Å². The quantitative estimate of drug-likeness (QED) is 0.620. The Morgan fingerprint density at radius 2 is 2.27 bits per heavy atom. The number of nitrogens with zero attached hydrogens (tertiary/aromatic N) is 2. The Hall–Kier alpha value is -0.980. The third-order valence-corrected chi connectivity index (χ3v) is 1.77. The molecule has 0 aliphatic carbocycles. The average molecular weight is 215 g/mol. The number of hydrogen-bond acceptors (Lipinski definition) is 6. The van der Waals surface area contributed by atoms with Crippen LogP contribution in [-0.2, 0) is 22.5 Å². The van der Waals surface area contributed by atoms with Gasteiger partial charge in [-0.3, -0.25) is 0 Å². The molecule has 86 valence electrons. The van der Waals surface area contributed by atoms with E-state index in [9.17, 15) is 0 Å². The molecule has 0 fully saturated rings. The minimum atomic E-state index is 0.332. The average Bonchev–Trinajstić information content (AvgIpc) is 2.69. The summed E-state index contributed by atoms with van der Waals surface area (Å²) >= 11 is 0. The van der Waals surface area contributed by atoms with Crippen molar-refractivity contribution >= 4 is 0 Å². The molecule has 0 spiro atoms. The second-order valence-electron chi connectivity index (χ2n) is 3.04. The summed E-state index contributed by atoms with van der Waals surface area (Å²) in [7, 11) is 1.63. The molecule has 1 rings (SSSR count). The fourth-order valence-corrected chi connectivity index (χ4v) is 1.01. The van der Waals surface area contributed by atoms with Gasteiger partial charge in [-0.1, -0.05) is 5.16 Å². The van der Waals surface area contributed by atoms with Crippen LogP contribution in [0.5, 0.6) is 0 Å². The molecule has 0 amide bonds. The second-order valence-corrected chi connectivity index (χ2v) is 3.04. The van der Waals surface area contributed by atoms with E-state index in [1.807, 2.05) is 0 Å². The first-order valence-electron chi connectivity index (χ1n) is 4.95. The predicted octanol–water partition coefficient (Wildman–Crippen LogP) is 0.124.